The van der Waals surface area contributed by atoms with Crippen LogP contribution in [0.25, 0.3) is 0 Å². The second-order valence-electron chi connectivity index (χ2n) is 8.49. The third kappa shape index (κ3) is 6.04. The van der Waals surface area contributed by atoms with Crippen LogP contribution in [0.2, 0.25) is 0 Å². The molecule has 0 spiro atoms. The van der Waals surface area contributed by atoms with Gasteiger partial charge in [-0.2, -0.15) is 9.97 Å². The number of piperidine rings is 1. The van der Waals surface area contributed by atoms with Crippen LogP contribution in [0.15, 0.2) is 30.3 Å². The highest BCUT2D eigenvalue weighted by atomic mass is 32.1. The van der Waals surface area contributed by atoms with Crippen molar-refractivity contribution in [2.24, 2.45) is 5.92 Å². The largest absolute Gasteiger partial charge is 0.378 e. The highest BCUT2D eigenvalue weighted by Gasteiger charge is 2.21. The van der Waals surface area contributed by atoms with Gasteiger partial charge >= 0.3 is 0 Å². The van der Waals surface area contributed by atoms with E-state index in [-0.39, 0.29) is 0 Å². The Balaban J connectivity index is 1.48. The normalized spacial score (nSPS) is 19.2. The maximum absolute atomic E-state index is 5.53. The van der Waals surface area contributed by atoms with Crippen LogP contribution < -0.4 is 20.4 Å². The minimum absolute atomic E-state index is 0.526. The Morgan fingerprint density at radius 3 is 2.52 bits per heavy atom. The quantitative estimate of drug-likeness (QED) is 0.687. The van der Waals surface area contributed by atoms with Gasteiger partial charge in [0.25, 0.3) is 0 Å². The molecule has 3 heterocycles. The van der Waals surface area contributed by atoms with E-state index in [1.54, 1.807) is 0 Å². The smallest absolute Gasteiger partial charge is 0.232 e. The highest BCUT2D eigenvalue weighted by molar-refractivity contribution is 7.80. The molecule has 0 saturated carbocycles. The first-order valence-corrected chi connectivity index (χ1v) is 11.5. The third-order valence-electron chi connectivity index (χ3n) is 5.81. The van der Waals surface area contributed by atoms with Crippen molar-refractivity contribution >= 4 is 34.9 Å². The summed E-state index contributed by atoms with van der Waals surface area (Å²) < 4.78 is 5.52. The Kier molecular flexibility index (Phi) is 7.19. The Bertz CT molecular complexity index is 884. The van der Waals surface area contributed by atoms with Crippen molar-refractivity contribution in [1.29, 1.82) is 0 Å². The average Bonchev–Trinajstić information content (AvgIpc) is 2.79. The molecule has 1 aromatic heterocycles. The Morgan fingerprint density at radius 1 is 1.10 bits per heavy atom. The number of nitrogens with zero attached hydrogens (tertiary/aromatic N) is 4. The standard InChI is InChI=1S/C23H32N6OS/c1-17-5-7-19(8-6-17)15-24-23(31)27-22-25-20(28-10-12-30-13-11-28)14-21(26-22)29-9-3-4-18(2)16-29/h5-8,14,18H,3-4,9-13,15-16H2,1-2H3,(H2,24,25,26,27,31)/t18-/m1/s1. The fraction of sp³-hybridized carbons (Fsp3) is 0.522. The number of anilines is 3. The lowest BCUT2D eigenvalue weighted by atomic mass is 10.0. The van der Waals surface area contributed by atoms with Crippen molar-refractivity contribution in [3.63, 3.8) is 0 Å². The topological polar surface area (TPSA) is 65.6 Å². The van der Waals surface area contributed by atoms with Gasteiger partial charge in [0.05, 0.1) is 13.2 Å². The van der Waals surface area contributed by atoms with Gasteiger partial charge in [-0.1, -0.05) is 36.8 Å². The van der Waals surface area contributed by atoms with E-state index in [2.05, 4.69) is 64.6 Å². The molecule has 1 aromatic carbocycles. The zero-order chi connectivity index (χ0) is 21.6. The van der Waals surface area contributed by atoms with Crippen molar-refractivity contribution < 1.29 is 4.74 Å². The van der Waals surface area contributed by atoms with Crippen LogP contribution in [0, 0.1) is 12.8 Å². The van der Waals surface area contributed by atoms with Crippen LogP contribution >= 0.6 is 12.2 Å². The molecule has 1 atom stereocenters. The number of benzene rings is 1. The lowest BCUT2D eigenvalue weighted by Crippen LogP contribution is -2.38. The molecule has 7 nitrogen and oxygen atoms in total. The maximum atomic E-state index is 5.53. The van der Waals surface area contributed by atoms with Crippen molar-refractivity contribution in [1.82, 2.24) is 15.3 Å². The molecule has 2 aliphatic rings. The Morgan fingerprint density at radius 2 is 1.81 bits per heavy atom. The molecule has 166 valence electrons. The molecule has 0 bridgehead atoms. The number of hydrogen-bond acceptors (Lipinski definition) is 6. The van der Waals surface area contributed by atoms with E-state index in [0.29, 0.717) is 23.5 Å². The second-order valence-corrected chi connectivity index (χ2v) is 8.90. The van der Waals surface area contributed by atoms with Crippen LogP contribution in [0.3, 0.4) is 0 Å². The number of morpholine rings is 1. The monoisotopic (exact) mass is 440 g/mol. The van der Waals surface area contributed by atoms with Gasteiger partial charge in [-0.15, -0.1) is 0 Å². The van der Waals surface area contributed by atoms with E-state index < -0.39 is 0 Å². The summed E-state index contributed by atoms with van der Waals surface area (Å²) in [5, 5.41) is 7.00. The van der Waals surface area contributed by atoms with Gasteiger partial charge in [-0.3, -0.25) is 0 Å². The summed E-state index contributed by atoms with van der Waals surface area (Å²) in [5.74, 6) is 3.10. The maximum Gasteiger partial charge on any atom is 0.232 e. The van der Waals surface area contributed by atoms with Gasteiger partial charge in [0.2, 0.25) is 5.95 Å². The zero-order valence-corrected chi connectivity index (χ0v) is 19.2. The first-order valence-electron chi connectivity index (χ1n) is 11.1. The van der Waals surface area contributed by atoms with E-state index in [1.807, 2.05) is 0 Å². The highest BCUT2D eigenvalue weighted by Crippen LogP contribution is 2.26. The summed E-state index contributed by atoms with van der Waals surface area (Å²) in [6, 6.07) is 10.5. The lowest BCUT2D eigenvalue weighted by Gasteiger charge is -2.33. The number of aryl methyl sites for hydroxylation is 1. The zero-order valence-electron chi connectivity index (χ0n) is 18.4. The van der Waals surface area contributed by atoms with E-state index in [0.717, 1.165) is 51.0 Å². The molecule has 8 heteroatoms. The molecule has 0 unspecified atom stereocenters. The van der Waals surface area contributed by atoms with Gasteiger partial charge in [-0.25, -0.2) is 0 Å². The van der Waals surface area contributed by atoms with Gasteiger partial charge in [-0.05, 0) is 43.5 Å². The van der Waals surface area contributed by atoms with Gasteiger partial charge in [0.15, 0.2) is 5.11 Å². The van der Waals surface area contributed by atoms with Crippen LogP contribution in [0.5, 0.6) is 0 Å². The summed E-state index contributed by atoms with van der Waals surface area (Å²) in [5.41, 5.74) is 2.43. The molecule has 0 radical (unpaired) electrons. The summed E-state index contributed by atoms with van der Waals surface area (Å²) in [7, 11) is 0. The third-order valence-corrected chi connectivity index (χ3v) is 6.06. The van der Waals surface area contributed by atoms with Crippen LogP contribution in [-0.4, -0.2) is 54.5 Å². The van der Waals surface area contributed by atoms with E-state index in [1.165, 1.54) is 24.0 Å². The minimum atomic E-state index is 0.526. The van der Waals surface area contributed by atoms with Crippen molar-refractivity contribution in [3.8, 4) is 0 Å². The Labute approximate surface area is 190 Å². The molecular weight excluding hydrogens is 408 g/mol. The molecule has 0 amide bonds. The van der Waals surface area contributed by atoms with E-state index in [4.69, 9.17) is 26.9 Å². The summed E-state index contributed by atoms with van der Waals surface area (Å²) in [6.45, 7) is 10.2. The molecule has 2 N–H and O–H groups in total. The summed E-state index contributed by atoms with van der Waals surface area (Å²) in [4.78, 5) is 14.2. The molecule has 2 aromatic rings. The number of hydrogen-bond donors (Lipinski definition) is 2. The first kappa shape index (κ1) is 21.8. The van der Waals surface area contributed by atoms with Gasteiger partial charge in [0, 0.05) is 38.8 Å². The van der Waals surface area contributed by atoms with Gasteiger partial charge in [0.1, 0.15) is 11.6 Å². The molecule has 2 aliphatic heterocycles. The van der Waals surface area contributed by atoms with Crippen molar-refractivity contribution in [2.75, 3.05) is 54.5 Å². The van der Waals surface area contributed by atoms with Crippen LogP contribution in [0.1, 0.15) is 30.9 Å². The summed E-state index contributed by atoms with van der Waals surface area (Å²) >= 11 is 5.53. The Hall–Kier alpha value is -2.45. The fourth-order valence-electron chi connectivity index (χ4n) is 4.03. The van der Waals surface area contributed by atoms with Crippen molar-refractivity contribution in [2.45, 2.75) is 33.2 Å². The molecule has 31 heavy (non-hydrogen) atoms. The molecule has 0 aliphatic carbocycles. The van der Waals surface area contributed by atoms with E-state index in [9.17, 15) is 0 Å². The molecule has 2 fully saturated rings. The first-order chi connectivity index (χ1) is 15.1. The number of aromatic nitrogens is 2. The number of thiocarbonyl (C=S) groups is 1. The second kappa shape index (κ2) is 10.2. The van der Waals surface area contributed by atoms with Crippen LogP contribution in [0.4, 0.5) is 17.6 Å². The predicted molar refractivity (Wildman–Crippen MR) is 130 cm³/mol. The number of nitrogens with one attached hydrogen (secondary N) is 2. The SMILES string of the molecule is Cc1ccc(CNC(=S)Nc2nc(N3CCOCC3)cc(N3CCC[C@@H](C)C3)n2)cc1. The molecular formula is C23H32N6OS. The fourth-order valence-corrected chi connectivity index (χ4v) is 4.19. The minimum Gasteiger partial charge on any atom is -0.378 e. The molecule has 4 rings (SSSR count). The van der Waals surface area contributed by atoms with Gasteiger partial charge < -0.3 is 25.2 Å². The average molecular weight is 441 g/mol. The number of rotatable bonds is 5. The predicted octanol–water partition coefficient (Wildman–Crippen LogP) is 3.34. The van der Waals surface area contributed by atoms with Crippen LogP contribution in [-0.2, 0) is 11.3 Å². The summed E-state index contributed by atoms with van der Waals surface area (Å²) in [6.07, 6.45) is 2.47. The van der Waals surface area contributed by atoms with E-state index >= 15 is 0 Å². The lowest BCUT2D eigenvalue weighted by molar-refractivity contribution is 0.122. The molecule has 2 saturated heterocycles. The van der Waals surface area contributed by atoms with Crippen molar-refractivity contribution in [3.05, 3.63) is 41.5 Å². The number of ether oxygens (including phenoxy) is 1.